The highest BCUT2D eigenvalue weighted by Crippen LogP contribution is 2.44. The normalized spacial score (nSPS) is 13.8. The molecule has 0 radical (unpaired) electrons. The van der Waals surface area contributed by atoms with E-state index in [2.05, 4.69) is 24.3 Å². The second-order valence-electron chi connectivity index (χ2n) is 6.05. The first-order valence-corrected chi connectivity index (χ1v) is 8.66. The molecule has 24 heavy (non-hydrogen) atoms. The van der Waals surface area contributed by atoms with Gasteiger partial charge in [0.1, 0.15) is 24.7 Å². The summed E-state index contributed by atoms with van der Waals surface area (Å²) in [4.78, 5) is 0. The Balaban J connectivity index is 2.08. The summed E-state index contributed by atoms with van der Waals surface area (Å²) in [6.07, 6.45) is 4.49. The fourth-order valence-electron chi connectivity index (χ4n) is 3.39. The van der Waals surface area contributed by atoms with Gasteiger partial charge < -0.3 is 18.9 Å². The lowest BCUT2D eigenvalue weighted by Crippen LogP contribution is -2.13. The van der Waals surface area contributed by atoms with Crippen LogP contribution in [0.2, 0.25) is 0 Å². The summed E-state index contributed by atoms with van der Waals surface area (Å²) in [6, 6.07) is 8.35. The third-order valence-electron chi connectivity index (χ3n) is 4.50. The molecule has 3 rings (SSSR count). The summed E-state index contributed by atoms with van der Waals surface area (Å²) in [7, 11) is 3.40. The number of rotatable bonds is 8. The first-order chi connectivity index (χ1) is 11.9. The van der Waals surface area contributed by atoms with Gasteiger partial charge in [0.25, 0.3) is 0 Å². The van der Waals surface area contributed by atoms with E-state index in [0.29, 0.717) is 26.4 Å². The molecule has 4 heteroatoms. The molecule has 2 aromatic rings. The summed E-state index contributed by atoms with van der Waals surface area (Å²) in [5, 5.41) is 2.25. The smallest absolute Gasteiger partial charge is 0.130 e. The second-order valence-corrected chi connectivity index (χ2v) is 6.05. The van der Waals surface area contributed by atoms with Gasteiger partial charge in [0.15, 0.2) is 0 Å². The number of methoxy groups -OCH3 is 2. The first kappa shape index (κ1) is 17.1. The van der Waals surface area contributed by atoms with Crippen LogP contribution in [-0.2, 0) is 22.3 Å². The van der Waals surface area contributed by atoms with Gasteiger partial charge in [0.05, 0.1) is 13.2 Å². The molecule has 0 atom stereocenters. The third-order valence-corrected chi connectivity index (χ3v) is 4.50. The van der Waals surface area contributed by atoms with Crippen LogP contribution in [0.5, 0.6) is 11.5 Å². The maximum atomic E-state index is 6.13. The summed E-state index contributed by atoms with van der Waals surface area (Å²) in [5.74, 6) is 2.02. The maximum Gasteiger partial charge on any atom is 0.130 e. The lowest BCUT2D eigenvalue weighted by atomic mass is 9.87. The molecule has 0 bridgehead atoms. The number of ether oxygens (including phenoxy) is 4. The molecule has 1 aliphatic rings. The van der Waals surface area contributed by atoms with Crippen LogP contribution in [0, 0.1) is 0 Å². The van der Waals surface area contributed by atoms with Crippen LogP contribution in [0.4, 0.5) is 0 Å². The minimum absolute atomic E-state index is 0.566. The van der Waals surface area contributed by atoms with Gasteiger partial charge in [0, 0.05) is 36.1 Å². The number of hydrogen-bond acceptors (Lipinski definition) is 4. The van der Waals surface area contributed by atoms with Crippen LogP contribution in [0.15, 0.2) is 24.3 Å². The number of fused-ring (bicyclic) bond motifs is 2. The van der Waals surface area contributed by atoms with Crippen molar-refractivity contribution >= 4 is 10.8 Å². The van der Waals surface area contributed by atoms with Crippen molar-refractivity contribution in [3.8, 4) is 11.5 Å². The Morgan fingerprint density at radius 3 is 1.58 bits per heavy atom. The molecule has 0 saturated heterocycles. The first-order valence-electron chi connectivity index (χ1n) is 8.66. The summed E-state index contributed by atoms with van der Waals surface area (Å²) in [5.41, 5.74) is 2.62. The van der Waals surface area contributed by atoms with Gasteiger partial charge in [-0.3, -0.25) is 0 Å². The van der Waals surface area contributed by atoms with E-state index < -0.39 is 0 Å². The Morgan fingerprint density at radius 1 is 0.708 bits per heavy atom. The van der Waals surface area contributed by atoms with Gasteiger partial charge >= 0.3 is 0 Å². The fraction of sp³-hybridized carbons (Fsp3) is 0.500. The predicted octanol–water partition coefficient (Wildman–Crippen LogP) is 3.77. The highest BCUT2D eigenvalue weighted by molar-refractivity contribution is 5.96. The zero-order valence-corrected chi connectivity index (χ0v) is 14.6. The van der Waals surface area contributed by atoms with Crippen LogP contribution >= 0.6 is 0 Å². The molecule has 0 spiro atoms. The third kappa shape index (κ3) is 3.50. The van der Waals surface area contributed by atoms with Crippen molar-refractivity contribution in [1.82, 2.24) is 0 Å². The van der Waals surface area contributed by atoms with Crippen LogP contribution in [0.1, 0.15) is 24.0 Å². The quantitative estimate of drug-likeness (QED) is 0.691. The summed E-state index contributed by atoms with van der Waals surface area (Å²) >= 11 is 0. The minimum Gasteiger partial charge on any atom is -0.490 e. The predicted molar refractivity (Wildman–Crippen MR) is 95.3 cm³/mol. The lowest BCUT2D eigenvalue weighted by Gasteiger charge is -2.25. The van der Waals surface area contributed by atoms with Gasteiger partial charge in [0.2, 0.25) is 0 Å². The molecule has 0 fully saturated rings. The highest BCUT2D eigenvalue weighted by atomic mass is 16.5. The second kappa shape index (κ2) is 8.36. The largest absolute Gasteiger partial charge is 0.490 e. The van der Waals surface area contributed by atoms with Gasteiger partial charge in [-0.05, 0) is 25.7 Å². The molecule has 0 heterocycles. The van der Waals surface area contributed by atoms with Crippen LogP contribution in [0.3, 0.4) is 0 Å². The molecule has 0 aliphatic heterocycles. The molecular formula is C20H26O4. The van der Waals surface area contributed by atoms with Crippen molar-refractivity contribution in [1.29, 1.82) is 0 Å². The Labute approximate surface area is 143 Å². The molecule has 0 N–H and O–H groups in total. The molecule has 0 unspecified atom stereocenters. The van der Waals surface area contributed by atoms with E-state index >= 15 is 0 Å². The zero-order valence-electron chi connectivity index (χ0n) is 14.6. The van der Waals surface area contributed by atoms with Crippen molar-refractivity contribution in [3.63, 3.8) is 0 Å². The number of benzene rings is 2. The van der Waals surface area contributed by atoms with Gasteiger partial charge in [-0.2, -0.15) is 0 Å². The van der Waals surface area contributed by atoms with Gasteiger partial charge in [-0.15, -0.1) is 0 Å². The Kier molecular flexibility index (Phi) is 5.94. The molecule has 1 aliphatic carbocycles. The highest BCUT2D eigenvalue weighted by Gasteiger charge is 2.23. The average molecular weight is 330 g/mol. The van der Waals surface area contributed by atoms with E-state index in [1.165, 1.54) is 24.0 Å². The van der Waals surface area contributed by atoms with Crippen LogP contribution in [0.25, 0.3) is 10.8 Å². The van der Waals surface area contributed by atoms with Gasteiger partial charge in [-0.25, -0.2) is 0 Å². The van der Waals surface area contributed by atoms with Crippen LogP contribution < -0.4 is 9.47 Å². The van der Waals surface area contributed by atoms with Crippen molar-refractivity contribution in [2.24, 2.45) is 0 Å². The topological polar surface area (TPSA) is 36.9 Å². The van der Waals surface area contributed by atoms with Crippen molar-refractivity contribution in [2.45, 2.75) is 25.7 Å². The standard InChI is InChI=1S/C20H26O4/c1-21-11-13-23-19-15-7-3-5-9-17(15)20(24-14-12-22-2)18-10-6-4-8-16(18)19/h3,5,7,9H,4,6,8,10-14H2,1-2H3. The summed E-state index contributed by atoms with van der Waals surface area (Å²) < 4.78 is 22.6. The molecule has 4 nitrogen and oxygen atoms in total. The molecular weight excluding hydrogens is 304 g/mol. The van der Waals surface area contributed by atoms with E-state index in [4.69, 9.17) is 18.9 Å². The molecule has 2 aromatic carbocycles. The Morgan fingerprint density at radius 2 is 1.17 bits per heavy atom. The molecule has 130 valence electrons. The van der Waals surface area contributed by atoms with Crippen molar-refractivity contribution in [2.75, 3.05) is 40.6 Å². The number of hydrogen-bond donors (Lipinski definition) is 0. The van der Waals surface area contributed by atoms with E-state index in [1.807, 2.05) is 0 Å². The Hall–Kier alpha value is -1.78. The summed E-state index contributed by atoms with van der Waals surface area (Å²) in [6.45, 7) is 2.32. The lowest BCUT2D eigenvalue weighted by molar-refractivity contribution is 0.144. The maximum absolute atomic E-state index is 6.13. The van der Waals surface area contributed by atoms with Crippen LogP contribution in [-0.4, -0.2) is 40.6 Å². The van der Waals surface area contributed by atoms with E-state index in [1.54, 1.807) is 14.2 Å². The van der Waals surface area contributed by atoms with Gasteiger partial charge in [-0.1, -0.05) is 24.3 Å². The van der Waals surface area contributed by atoms with Crippen molar-refractivity contribution < 1.29 is 18.9 Å². The molecule has 0 saturated carbocycles. The SMILES string of the molecule is COCCOc1c2c(c(OCCOC)c3ccccc13)CCCC2. The molecule has 0 aromatic heterocycles. The Bertz CT molecular complexity index is 622. The minimum atomic E-state index is 0.566. The zero-order chi connectivity index (χ0) is 16.8. The van der Waals surface area contributed by atoms with Crippen molar-refractivity contribution in [3.05, 3.63) is 35.4 Å². The average Bonchev–Trinajstić information content (AvgIpc) is 2.63. The van der Waals surface area contributed by atoms with E-state index in [-0.39, 0.29) is 0 Å². The van der Waals surface area contributed by atoms with E-state index in [0.717, 1.165) is 35.1 Å². The monoisotopic (exact) mass is 330 g/mol. The fourth-order valence-corrected chi connectivity index (χ4v) is 3.39. The van der Waals surface area contributed by atoms with E-state index in [9.17, 15) is 0 Å². The molecule has 0 amide bonds.